The number of allylic oxidation sites excluding steroid dienone is 4. The molecule has 0 N–H and O–H groups in total. The summed E-state index contributed by atoms with van der Waals surface area (Å²) in [6.45, 7) is 0. The first-order valence-electron chi connectivity index (χ1n) is 12.8. The molecule has 35 heavy (non-hydrogen) atoms. The number of rotatable bonds is 4. The zero-order chi connectivity index (χ0) is 23.2. The maximum atomic E-state index is 2.57. The summed E-state index contributed by atoms with van der Waals surface area (Å²) in [5.41, 5.74) is 11.5. The van der Waals surface area contributed by atoms with Crippen molar-refractivity contribution in [2.75, 3.05) is 0 Å². The second-order valence-corrected chi connectivity index (χ2v) is 25.6. The predicted octanol–water partition coefficient (Wildman–Crippen LogP) is 8.95. The van der Waals surface area contributed by atoms with E-state index in [2.05, 4.69) is 115 Å². The van der Waals surface area contributed by atoms with Crippen LogP contribution < -0.4 is 0 Å². The van der Waals surface area contributed by atoms with Crippen molar-refractivity contribution in [3.05, 3.63) is 130 Å². The summed E-state index contributed by atoms with van der Waals surface area (Å²) in [4.78, 5) is 0. The average Bonchev–Trinajstić information content (AvgIpc) is 3.53. The standard InChI is InChI=1S/C25H17.C5H5.C3H6Si.Zr/c1-3-7-18(8-4-1)20-11-13-24-22(15-20)17-23-16-21(12-14-25(23)24)19-9-5-2-6-10-19;1-2-4-5-3-1;1-2-4-3-1;/h1-17H;1-3H,4H2;1-3H2;. The van der Waals surface area contributed by atoms with Crippen LogP contribution in [0.15, 0.2) is 119 Å². The predicted molar refractivity (Wildman–Crippen MR) is 146 cm³/mol. The van der Waals surface area contributed by atoms with Gasteiger partial charge in [0, 0.05) is 0 Å². The summed E-state index contributed by atoms with van der Waals surface area (Å²) in [6.07, 6.45) is 9.98. The van der Waals surface area contributed by atoms with Gasteiger partial charge in [0.15, 0.2) is 0 Å². The monoisotopic (exact) mass is 542 g/mol. The molecule has 168 valence electrons. The molecule has 0 radical (unpaired) electrons. The van der Waals surface area contributed by atoms with Crippen LogP contribution >= 0.6 is 0 Å². The molecule has 0 nitrogen and oxygen atoms in total. The minimum absolute atomic E-state index is 0.201. The molecule has 4 aromatic rings. The van der Waals surface area contributed by atoms with Gasteiger partial charge in [0.2, 0.25) is 0 Å². The van der Waals surface area contributed by atoms with Crippen LogP contribution in [0, 0.1) is 0 Å². The van der Waals surface area contributed by atoms with Crippen LogP contribution in [0.2, 0.25) is 12.1 Å². The van der Waals surface area contributed by atoms with Gasteiger partial charge in [-0.05, 0) is 0 Å². The first kappa shape index (κ1) is 21.7. The number of hydrogen-bond acceptors (Lipinski definition) is 0. The second kappa shape index (κ2) is 9.16. The maximum absolute atomic E-state index is 2.57. The molecule has 0 amide bonds. The Morgan fingerprint density at radius 1 is 0.629 bits per heavy atom. The summed E-state index contributed by atoms with van der Waals surface area (Å²) in [5.74, 6) is 0. The zero-order valence-electron chi connectivity index (χ0n) is 19.9. The Labute approximate surface area is 216 Å². The number of fused-ring (bicyclic) bond motifs is 3. The normalized spacial score (nSPS) is 16.0. The summed E-state index contributed by atoms with van der Waals surface area (Å²) in [6, 6.07) is 39.7. The van der Waals surface area contributed by atoms with E-state index < -0.39 is 20.4 Å². The molecule has 0 bridgehead atoms. The van der Waals surface area contributed by atoms with Gasteiger partial charge in [-0.3, -0.25) is 0 Å². The Bertz CT molecular complexity index is 1430. The van der Waals surface area contributed by atoms with E-state index in [0.717, 1.165) is 0 Å². The molecule has 4 aromatic carbocycles. The molecule has 2 aliphatic carbocycles. The van der Waals surface area contributed by atoms with E-state index in [9.17, 15) is 0 Å². The molecule has 1 heterocycles. The van der Waals surface area contributed by atoms with E-state index in [0.29, 0.717) is 3.63 Å². The van der Waals surface area contributed by atoms with Crippen molar-refractivity contribution in [3.63, 3.8) is 0 Å². The van der Waals surface area contributed by atoms with Gasteiger partial charge in [0.1, 0.15) is 0 Å². The third-order valence-corrected chi connectivity index (χ3v) is 29.1. The van der Waals surface area contributed by atoms with E-state index >= 15 is 0 Å². The third-order valence-electron chi connectivity index (χ3n) is 7.97. The van der Waals surface area contributed by atoms with E-state index in [-0.39, 0.29) is 5.43 Å². The molecule has 0 saturated carbocycles. The van der Waals surface area contributed by atoms with Crippen molar-refractivity contribution >= 4 is 5.43 Å². The Balaban J connectivity index is 1.45. The van der Waals surface area contributed by atoms with Crippen molar-refractivity contribution in [1.82, 2.24) is 0 Å². The molecule has 1 aliphatic heterocycles. The molecule has 3 aliphatic rings. The second-order valence-electron chi connectivity index (χ2n) is 9.96. The van der Waals surface area contributed by atoms with Crippen molar-refractivity contribution in [3.8, 4) is 33.4 Å². The summed E-state index contributed by atoms with van der Waals surface area (Å²) in [7, 11) is 0. The number of hydrogen-bond donors (Lipinski definition) is 0. The van der Waals surface area contributed by atoms with Gasteiger partial charge in [-0.15, -0.1) is 0 Å². The first-order valence-corrected chi connectivity index (χ1v) is 21.1. The van der Waals surface area contributed by atoms with Crippen LogP contribution in [0.1, 0.15) is 27.6 Å². The molecule has 0 atom stereocenters. The fraction of sp³-hybridized carbons (Fsp3) is 0.152. The van der Waals surface area contributed by atoms with Crippen molar-refractivity contribution in [1.29, 1.82) is 0 Å². The van der Waals surface area contributed by atoms with Crippen LogP contribution in [0.4, 0.5) is 0 Å². The van der Waals surface area contributed by atoms with Gasteiger partial charge in [0.05, 0.1) is 0 Å². The quantitative estimate of drug-likeness (QED) is 0.225. The Morgan fingerprint density at radius 3 is 1.66 bits per heavy atom. The topological polar surface area (TPSA) is 0 Å². The van der Waals surface area contributed by atoms with Crippen LogP contribution in [-0.4, -0.2) is 5.43 Å². The van der Waals surface area contributed by atoms with Crippen molar-refractivity contribution < 1.29 is 20.4 Å². The van der Waals surface area contributed by atoms with Gasteiger partial charge in [-0.1, -0.05) is 0 Å². The first-order chi connectivity index (χ1) is 17.4. The average molecular weight is 544 g/mol. The molecular formula is C33H28SiZr. The molecular weight excluding hydrogens is 516 g/mol. The van der Waals surface area contributed by atoms with Crippen LogP contribution in [0.3, 0.4) is 0 Å². The van der Waals surface area contributed by atoms with Gasteiger partial charge >= 0.3 is 217 Å². The molecule has 1 saturated heterocycles. The molecule has 0 aromatic heterocycles. The Hall–Kier alpha value is -2.54. The SMILES string of the molecule is C1=CC[C]([Zr]([CH]2c3cc(-c4ccccc4)ccc3-c3ccc(-c4ccccc4)cc32)=[Si]2CCC2)=C1. The Morgan fingerprint density at radius 2 is 1.20 bits per heavy atom. The molecule has 0 spiro atoms. The van der Waals surface area contributed by atoms with Gasteiger partial charge in [-0.25, -0.2) is 0 Å². The van der Waals surface area contributed by atoms with E-state index in [1.165, 1.54) is 46.2 Å². The van der Waals surface area contributed by atoms with E-state index in [1.807, 2.05) is 3.28 Å². The van der Waals surface area contributed by atoms with E-state index in [1.54, 1.807) is 23.2 Å². The fourth-order valence-electron chi connectivity index (χ4n) is 6.08. The van der Waals surface area contributed by atoms with E-state index in [4.69, 9.17) is 0 Å². The van der Waals surface area contributed by atoms with Crippen LogP contribution in [0.25, 0.3) is 33.4 Å². The fourth-order valence-corrected chi connectivity index (χ4v) is 29.2. The van der Waals surface area contributed by atoms with Crippen LogP contribution in [0.5, 0.6) is 0 Å². The van der Waals surface area contributed by atoms with Gasteiger partial charge in [-0.2, -0.15) is 0 Å². The summed E-state index contributed by atoms with van der Waals surface area (Å²) < 4.78 is 2.54. The molecule has 1 fully saturated rings. The number of benzene rings is 4. The van der Waals surface area contributed by atoms with Gasteiger partial charge in [0.25, 0.3) is 0 Å². The zero-order valence-corrected chi connectivity index (χ0v) is 23.3. The summed E-state index contributed by atoms with van der Waals surface area (Å²) >= 11 is -1.91. The molecule has 7 rings (SSSR count). The Kier molecular flexibility index (Phi) is 5.68. The van der Waals surface area contributed by atoms with Crippen LogP contribution in [-0.2, 0) is 20.4 Å². The summed E-state index contributed by atoms with van der Waals surface area (Å²) in [5, 5.41) is 0. The molecule has 0 unspecified atom stereocenters. The molecule has 2 heteroatoms. The minimum atomic E-state index is -1.91. The van der Waals surface area contributed by atoms with Crippen molar-refractivity contribution in [2.24, 2.45) is 0 Å². The van der Waals surface area contributed by atoms with Gasteiger partial charge < -0.3 is 0 Å². The third kappa shape index (κ3) is 3.83. The van der Waals surface area contributed by atoms with Crippen molar-refractivity contribution in [2.45, 2.75) is 28.6 Å².